The van der Waals surface area contributed by atoms with Crippen LogP contribution < -0.4 is 10.5 Å². The highest BCUT2D eigenvalue weighted by atomic mass is 35.5. The minimum atomic E-state index is -0.427. The number of halogens is 2. The fourth-order valence-corrected chi connectivity index (χ4v) is 2.15. The Balaban J connectivity index is 1.93. The lowest BCUT2D eigenvalue weighted by Crippen LogP contribution is -2.15. The van der Waals surface area contributed by atoms with Crippen molar-refractivity contribution in [1.82, 2.24) is 0 Å². The molecule has 0 spiro atoms. The molecule has 0 radical (unpaired) electrons. The number of rotatable bonds is 6. The highest BCUT2D eigenvalue weighted by Crippen LogP contribution is 2.22. The number of hydrogen-bond donors (Lipinski definition) is 1. The molecule has 2 aromatic carbocycles. The van der Waals surface area contributed by atoms with E-state index in [4.69, 9.17) is 22.1 Å². The Labute approximate surface area is 129 Å². The predicted molar refractivity (Wildman–Crippen MR) is 84.2 cm³/mol. The smallest absolute Gasteiger partial charge is 0.142 e. The second-order valence-corrected chi connectivity index (χ2v) is 5.54. The zero-order valence-corrected chi connectivity index (χ0v) is 12.7. The first kappa shape index (κ1) is 15.8. The maximum absolute atomic E-state index is 13.3. The largest absolute Gasteiger partial charge is 0.489 e. The van der Waals surface area contributed by atoms with Gasteiger partial charge in [-0.25, -0.2) is 4.39 Å². The molecule has 1 unspecified atom stereocenters. The molecule has 2 nitrogen and oxygen atoms in total. The summed E-state index contributed by atoms with van der Waals surface area (Å²) in [5.41, 5.74) is 7.60. The van der Waals surface area contributed by atoms with Crippen LogP contribution in [0.3, 0.4) is 0 Å². The molecule has 21 heavy (non-hydrogen) atoms. The molecule has 2 aromatic rings. The maximum atomic E-state index is 13.3. The van der Waals surface area contributed by atoms with Crippen LogP contribution in [0.5, 0.6) is 5.75 Å². The standard InChI is InChI=1S/C17H19ClFNO/c1-12(20)5-6-13-7-9-15(10-8-13)21-11-14-3-2-4-16(19)17(14)18/h2-4,7-10,12H,5-6,11,20H2,1H3. The Morgan fingerprint density at radius 1 is 1.19 bits per heavy atom. The van der Waals surface area contributed by atoms with Crippen LogP contribution in [-0.2, 0) is 13.0 Å². The molecule has 0 saturated carbocycles. The number of ether oxygens (including phenoxy) is 1. The Morgan fingerprint density at radius 2 is 1.90 bits per heavy atom. The quantitative estimate of drug-likeness (QED) is 0.861. The molecule has 0 fully saturated rings. The monoisotopic (exact) mass is 307 g/mol. The third-order valence-electron chi connectivity index (χ3n) is 3.24. The molecule has 2 N–H and O–H groups in total. The minimum Gasteiger partial charge on any atom is -0.489 e. The lowest BCUT2D eigenvalue weighted by Gasteiger charge is -2.09. The Hall–Kier alpha value is -1.58. The molecule has 0 aliphatic heterocycles. The van der Waals surface area contributed by atoms with Crippen molar-refractivity contribution in [3.05, 3.63) is 64.4 Å². The molecule has 0 aliphatic carbocycles. The molecule has 0 heterocycles. The van der Waals surface area contributed by atoms with Crippen LogP contribution in [0.25, 0.3) is 0 Å². The lowest BCUT2D eigenvalue weighted by molar-refractivity contribution is 0.305. The molecule has 0 saturated heterocycles. The average molecular weight is 308 g/mol. The fourth-order valence-electron chi connectivity index (χ4n) is 1.97. The summed E-state index contributed by atoms with van der Waals surface area (Å²) in [7, 11) is 0. The molecule has 0 aliphatic rings. The van der Waals surface area contributed by atoms with Crippen LogP contribution in [0.2, 0.25) is 5.02 Å². The summed E-state index contributed by atoms with van der Waals surface area (Å²) in [6, 6.07) is 12.8. The highest BCUT2D eigenvalue weighted by molar-refractivity contribution is 6.31. The molecule has 2 rings (SSSR count). The summed E-state index contributed by atoms with van der Waals surface area (Å²) >= 11 is 5.89. The summed E-state index contributed by atoms with van der Waals surface area (Å²) in [5.74, 6) is 0.309. The third-order valence-corrected chi connectivity index (χ3v) is 3.66. The molecule has 112 valence electrons. The van der Waals surface area contributed by atoms with Gasteiger partial charge in [0.2, 0.25) is 0 Å². The van der Waals surface area contributed by atoms with Gasteiger partial charge in [-0.1, -0.05) is 35.9 Å². The van der Waals surface area contributed by atoms with Gasteiger partial charge in [0, 0.05) is 11.6 Å². The van der Waals surface area contributed by atoms with Crippen LogP contribution in [-0.4, -0.2) is 6.04 Å². The fraction of sp³-hybridized carbons (Fsp3) is 0.294. The van der Waals surface area contributed by atoms with E-state index < -0.39 is 5.82 Å². The Bertz CT molecular complexity index is 584. The number of hydrogen-bond acceptors (Lipinski definition) is 2. The van der Waals surface area contributed by atoms with Crippen molar-refractivity contribution in [3.63, 3.8) is 0 Å². The van der Waals surface area contributed by atoms with E-state index in [1.807, 2.05) is 31.2 Å². The van der Waals surface area contributed by atoms with Gasteiger partial charge < -0.3 is 10.5 Å². The Kier molecular flexibility index (Phi) is 5.59. The van der Waals surface area contributed by atoms with E-state index in [1.54, 1.807) is 12.1 Å². The van der Waals surface area contributed by atoms with Crippen molar-refractivity contribution in [1.29, 1.82) is 0 Å². The van der Waals surface area contributed by atoms with Gasteiger partial charge in [-0.3, -0.25) is 0 Å². The molecule has 1 atom stereocenters. The molecular weight excluding hydrogens is 289 g/mol. The number of nitrogens with two attached hydrogens (primary N) is 1. The van der Waals surface area contributed by atoms with Gasteiger partial charge in [-0.05, 0) is 43.5 Å². The summed E-state index contributed by atoms with van der Waals surface area (Å²) in [4.78, 5) is 0. The maximum Gasteiger partial charge on any atom is 0.142 e. The van der Waals surface area contributed by atoms with Crippen LogP contribution >= 0.6 is 11.6 Å². The van der Waals surface area contributed by atoms with Crippen molar-refractivity contribution in [2.45, 2.75) is 32.4 Å². The van der Waals surface area contributed by atoms with Crippen LogP contribution in [0.4, 0.5) is 4.39 Å². The van der Waals surface area contributed by atoms with Crippen LogP contribution in [0.1, 0.15) is 24.5 Å². The van der Waals surface area contributed by atoms with Crippen LogP contribution in [0, 0.1) is 5.82 Å². The van der Waals surface area contributed by atoms with Gasteiger partial charge >= 0.3 is 0 Å². The minimum absolute atomic E-state index is 0.117. The first-order chi connectivity index (χ1) is 10.1. The zero-order valence-electron chi connectivity index (χ0n) is 12.0. The van der Waals surface area contributed by atoms with E-state index in [2.05, 4.69) is 0 Å². The molecule has 0 bridgehead atoms. The van der Waals surface area contributed by atoms with Gasteiger partial charge in [-0.15, -0.1) is 0 Å². The van der Waals surface area contributed by atoms with E-state index >= 15 is 0 Å². The topological polar surface area (TPSA) is 35.2 Å². The van der Waals surface area contributed by atoms with Crippen molar-refractivity contribution in [2.75, 3.05) is 0 Å². The van der Waals surface area contributed by atoms with E-state index in [9.17, 15) is 4.39 Å². The predicted octanol–water partition coefficient (Wildman–Crippen LogP) is 4.34. The zero-order chi connectivity index (χ0) is 15.2. The lowest BCUT2D eigenvalue weighted by atomic mass is 10.1. The van der Waals surface area contributed by atoms with Crippen molar-refractivity contribution in [3.8, 4) is 5.75 Å². The first-order valence-electron chi connectivity index (χ1n) is 6.96. The van der Waals surface area contributed by atoms with Gasteiger partial charge in [-0.2, -0.15) is 0 Å². The van der Waals surface area contributed by atoms with Gasteiger partial charge in [0.15, 0.2) is 0 Å². The van der Waals surface area contributed by atoms with Crippen molar-refractivity contribution in [2.24, 2.45) is 5.73 Å². The SMILES string of the molecule is CC(N)CCc1ccc(OCc2cccc(F)c2Cl)cc1. The Morgan fingerprint density at radius 3 is 2.57 bits per heavy atom. The van der Waals surface area contributed by atoms with Gasteiger partial charge in [0.05, 0.1) is 5.02 Å². The highest BCUT2D eigenvalue weighted by Gasteiger charge is 2.06. The van der Waals surface area contributed by atoms with E-state index in [1.165, 1.54) is 11.6 Å². The molecular formula is C17H19ClFNO. The third kappa shape index (κ3) is 4.73. The second kappa shape index (κ2) is 7.43. The first-order valence-corrected chi connectivity index (χ1v) is 7.34. The second-order valence-electron chi connectivity index (χ2n) is 5.16. The number of benzene rings is 2. The van der Waals surface area contributed by atoms with Crippen LogP contribution in [0.15, 0.2) is 42.5 Å². The van der Waals surface area contributed by atoms with Crippen molar-refractivity contribution < 1.29 is 9.13 Å². The average Bonchev–Trinajstić information content (AvgIpc) is 2.48. The number of aryl methyl sites for hydroxylation is 1. The molecule has 0 amide bonds. The van der Waals surface area contributed by atoms with Gasteiger partial charge in [0.25, 0.3) is 0 Å². The van der Waals surface area contributed by atoms with E-state index in [0.717, 1.165) is 18.6 Å². The summed E-state index contributed by atoms with van der Waals surface area (Å²) in [6.07, 6.45) is 1.91. The molecule has 4 heteroatoms. The molecule has 0 aromatic heterocycles. The summed E-state index contributed by atoms with van der Waals surface area (Å²) in [6.45, 7) is 2.25. The summed E-state index contributed by atoms with van der Waals surface area (Å²) < 4.78 is 18.9. The van der Waals surface area contributed by atoms with E-state index in [0.29, 0.717) is 5.56 Å². The summed E-state index contributed by atoms with van der Waals surface area (Å²) in [5, 5.41) is 0.117. The normalized spacial score (nSPS) is 12.2. The van der Waals surface area contributed by atoms with Gasteiger partial charge in [0.1, 0.15) is 18.2 Å². The van der Waals surface area contributed by atoms with Crippen molar-refractivity contribution >= 4 is 11.6 Å². The van der Waals surface area contributed by atoms with E-state index in [-0.39, 0.29) is 17.7 Å².